The van der Waals surface area contributed by atoms with Gasteiger partial charge >= 0.3 is 0 Å². The van der Waals surface area contributed by atoms with E-state index in [1.807, 2.05) is 0 Å². The standard InChI is InChI=1S/C16H14ClN3O5/c1-24-14-7-10(6-13(17)15(14)25-2)9-18-19-16(21)11-4-3-5-12(8-11)20(22)23/h3-9H,1-2H3,(H,19,21). The smallest absolute Gasteiger partial charge is 0.271 e. The Kier molecular flexibility index (Phi) is 5.91. The fourth-order valence-corrected chi connectivity index (χ4v) is 2.30. The molecule has 0 aliphatic heterocycles. The van der Waals surface area contributed by atoms with Crippen molar-refractivity contribution in [3.8, 4) is 11.5 Å². The van der Waals surface area contributed by atoms with E-state index in [0.29, 0.717) is 22.1 Å². The molecule has 2 aromatic rings. The van der Waals surface area contributed by atoms with Crippen molar-refractivity contribution < 1.29 is 19.2 Å². The van der Waals surface area contributed by atoms with Crippen molar-refractivity contribution in [2.24, 2.45) is 5.10 Å². The van der Waals surface area contributed by atoms with Crippen LogP contribution in [0.4, 0.5) is 5.69 Å². The third kappa shape index (κ3) is 4.45. The first-order valence-electron chi connectivity index (χ1n) is 6.95. The SMILES string of the molecule is COc1cc(C=NNC(=O)c2cccc([N+](=O)[O-])c2)cc(Cl)c1OC. The van der Waals surface area contributed by atoms with Crippen molar-refractivity contribution in [3.63, 3.8) is 0 Å². The summed E-state index contributed by atoms with van der Waals surface area (Å²) in [5.74, 6) is 0.231. The van der Waals surface area contributed by atoms with Gasteiger partial charge in [-0.3, -0.25) is 14.9 Å². The second kappa shape index (κ2) is 8.11. The zero-order valence-corrected chi connectivity index (χ0v) is 14.1. The summed E-state index contributed by atoms with van der Waals surface area (Å²) in [6, 6.07) is 8.56. The first-order chi connectivity index (χ1) is 12.0. The number of nitro benzene ring substituents is 1. The molecule has 25 heavy (non-hydrogen) atoms. The Bertz CT molecular complexity index is 839. The van der Waals surface area contributed by atoms with Crippen LogP contribution in [0.2, 0.25) is 5.02 Å². The van der Waals surface area contributed by atoms with Crippen LogP contribution in [-0.4, -0.2) is 31.3 Å². The molecule has 9 heteroatoms. The monoisotopic (exact) mass is 363 g/mol. The van der Waals surface area contributed by atoms with Gasteiger partial charge < -0.3 is 9.47 Å². The number of benzene rings is 2. The highest BCUT2D eigenvalue weighted by molar-refractivity contribution is 6.32. The second-order valence-electron chi connectivity index (χ2n) is 4.74. The number of nitro groups is 1. The lowest BCUT2D eigenvalue weighted by Crippen LogP contribution is -2.17. The van der Waals surface area contributed by atoms with E-state index in [9.17, 15) is 14.9 Å². The van der Waals surface area contributed by atoms with E-state index >= 15 is 0 Å². The van der Waals surface area contributed by atoms with E-state index in [1.165, 1.54) is 38.6 Å². The summed E-state index contributed by atoms with van der Waals surface area (Å²) in [7, 11) is 2.94. The molecule has 8 nitrogen and oxygen atoms in total. The van der Waals surface area contributed by atoms with Crippen LogP contribution in [-0.2, 0) is 0 Å². The number of methoxy groups -OCH3 is 2. The van der Waals surface area contributed by atoms with Crippen LogP contribution < -0.4 is 14.9 Å². The highest BCUT2D eigenvalue weighted by atomic mass is 35.5. The molecule has 2 rings (SSSR count). The number of hydrazone groups is 1. The molecule has 0 bridgehead atoms. The van der Waals surface area contributed by atoms with Crippen molar-refractivity contribution in [1.82, 2.24) is 5.43 Å². The molecule has 0 atom stereocenters. The lowest BCUT2D eigenvalue weighted by molar-refractivity contribution is -0.384. The molecule has 0 radical (unpaired) electrons. The number of carbonyl (C=O) groups is 1. The minimum atomic E-state index is -0.578. The van der Waals surface area contributed by atoms with Gasteiger partial charge in [0, 0.05) is 17.7 Å². The number of carbonyl (C=O) groups excluding carboxylic acids is 1. The minimum absolute atomic E-state index is 0.122. The molecule has 1 N–H and O–H groups in total. The molecule has 0 saturated heterocycles. The lowest BCUT2D eigenvalue weighted by Gasteiger charge is -2.09. The Balaban J connectivity index is 2.13. The maximum absolute atomic E-state index is 12.0. The van der Waals surface area contributed by atoms with E-state index in [-0.39, 0.29) is 11.3 Å². The molecule has 2 aromatic carbocycles. The second-order valence-corrected chi connectivity index (χ2v) is 5.15. The average Bonchev–Trinajstić information content (AvgIpc) is 2.61. The van der Waals surface area contributed by atoms with Crippen molar-refractivity contribution in [1.29, 1.82) is 0 Å². The van der Waals surface area contributed by atoms with Crippen LogP contribution in [0.3, 0.4) is 0 Å². The Morgan fingerprint density at radius 3 is 2.68 bits per heavy atom. The lowest BCUT2D eigenvalue weighted by atomic mass is 10.2. The van der Waals surface area contributed by atoms with Crippen LogP contribution in [0.5, 0.6) is 11.5 Å². The van der Waals surface area contributed by atoms with Crippen LogP contribution in [0.15, 0.2) is 41.5 Å². The van der Waals surface area contributed by atoms with Crippen molar-refractivity contribution in [2.75, 3.05) is 14.2 Å². The third-order valence-corrected chi connectivity index (χ3v) is 3.44. The fourth-order valence-electron chi connectivity index (χ4n) is 2.00. The van der Waals surface area contributed by atoms with Gasteiger partial charge in [0.05, 0.1) is 30.4 Å². The first kappa shape index (κ1) is 18.2. The molecule has 130 valence electrons. The van der Waals surface area contributed by atoms with Gasteiger partial charge in [0.1, 0.15) is 0 Å². The number of hydrogen-bond acceptors (Lipinski definition) is 6. The Labute approximate surface area is 148 Å². The summed E-state index contributed by atoms with van der Waals surface area (Å²) in [4.78, 5) is 22.1. The van der Waals surface area contributed by atoms with Gasteiger partial charge in [-0.1, -0.05) is 17.7 Å². The van der Waals surface area contributed by atoms with Crippen LogP contribution >= 0.6 is 11.6 Å². The zero-order chi connectivity index (χ0) is 18.4. The summed E-state index contributed by atoms with van der Waals surface area (Å²) < 4.78 is 10.3. The summed E-state index contributed by atoms with van der Waals surface area (Å²) in [6.45, 7) is 0. The number of hydrogen-bond donors (Lipinski definition) is 1. The summed E-state index contributed by atoms with van der Waals surface area (Å²) in [6.07, 6.45) is 1.36. The predicted molar refractivity (Wildman–Crippen MR) is 92.7 cm³/mol. The Morgan fingerprint density at radius 2 is 2.04 bits per heavy atom. The predicted octanol–water partition coefficient (Wildman–Crippen LogP) is 3.03. The van der Waals surface area contributed by atoms with Gasteiger partial charge in [-0.2, -0.15) is 5.10 Å². The molecule has 0 unspecified atom stereocenters. The maximum atomic E-state index is 12.0. The molecule has 0 heterocycles. The normalized spacial score (nSPS) is 10.5. The largest absolute Gasteiger partial charge is 0.493 e. The number of nitrogens with zero attached hydrogens (tertiary/aromatic N) is 2. The van der Waals surface area contributed by atoms with Crippen LogP contribution in [0.25, 0.3) is 0 Å². The highest BCUT2D eigenvalue weighted by Gasteiger charge is 2.12. The van der Waals surface area contributed by atoms with Crippen LogP contribution in [0.1, 0.15) is 15.9 Å². The number of nitrogens with one attached hydrogen (secondary N) is 1. The number of ether oxygens (including phenoxy) is 2. The molecular formula is C16H14ClN3O5. The van der Waals surface area contributed by atoms with Gasteiger partial charge in [0.15, 0.2) is 11.5 Å². The van der Waals surface area contributed by atoms with Crippen molar-refractivity contribution >= 4 is 29.4 Å². The van der Waals surface area contributed by atoms with E-state index in [4.69, 9.17) is 21.1 Å². The third-order valence-electron chi connectivity index (χ3n) is 3.15. The van der Waals surface area contributed by atoms with Gasteiger partial charge in [-0.05, 0) is 23.8 Å². The van der Waals surface area contributed by atoms with E-state index in [2.05, 4.69) is 10.5 Å². The van der Waals surface area contributed by atoms with Crippen molar-refractivity contribution in [3.05, 3.63) is 62.7 Å². The number of non-ortho nitro benzene ring substituents is 1. The van der Waals surface area contributed by atoms with Gasteiger partial charge in [0.25, 0.3) is 11.6 Å². The summed E-state index contributed by atoms with van der Waals surface area (Å²) in [5, 5.41) is 14.9. The summed E-state index contributed by atoms with van der Waals surface area (Å²) in [5.41, 5.74) is 2.81. The number of rotatable bonds is 6. The molecule has 0 saturated carbocycles. The van der Waals surface area contributed by atoms with Gasteiger partial charge in [-0.15, -0.1) is 0 Å². The van der Waals surface area contributed by atoms with E-state index in [0.717, 1.165) is 6.07 Å². The van der Waals surface area contributed by atoms with Gasteiger partial charge in [0.2, 0.25) is 0 Å². The maximum Gasteiger partial charge on any atom is 0.271 e. The number of amides is 1. The Hall–Kier alpha value is -3.13. The van der Waals surface area contributed by atoms with E-state index < -0.39 is 10.8 Å². The molecule has 0 spiro atoms. The molecule has 0 aliphatic rings. The van der Waals surface area contributed by atoms with Crippen molar-refractivity contribution in [2.45, 2.75) is 0 Å². The minimum Gasteiger partial charge on any atom is -0.493 e. The molecule has 1 amide bonds. The molecule has 0 fully saturated rings. The Morgan fingerprint density at radius 1 is 1.28 bits per heavy atom. The average molecular weight is 364 g/mol. The molecule has 0 aromatic heterocycles. The highest BCUT2D eigenvalue weighted by Crippen LogP contribution is 2.35. The van der Waals surface area contributed by atoms with Crippen LogP contribution in [0, 0.1) is 10.1 Å². The fraction of sp³-hybridized carbons (Fsp3) is 0.125. The quantitative estimate of drug-likeness (QED) is 0.482. The zero-order valence-electron chi connectivity index (χ0n) is 13.4. The molecule has 0 aliphatic carbocycles. The first-order valence-corrected chi connectivity index (χ1v) is 7.33. The topological polar surface area (TPSA) is 103 Å². The molecular weight excluding hydrogens is 350 g/mol. The summed E-state index contributed by atoms with van der Waals surface area (Å²) >= 11 is 6.08. The van der Waals surface area contributed by atoms with Gasteiger partial charge in [-0.25, -0.2) is 5.43 Å². The van der Waals surface area contributed by atoms with E-state index in [1.54, 1.807) is 12.1 Å². The number of halogens is 1.